The molecule has 1 unspecified atom stereocenters. The number of carbonyl (C=O) groups excluding carboxylic acids is 2. The van der Waals surface area contributed by atoms with E-state index < -0.39 is 17.1 Å². The van der Waals surface area contributed by atoms with Gasteiger partial charge in [0.25, 0.3) is 11.8 Å². The number of rotatable bonds is 8. The second-order valence-corrected chi connectivity index (χ2v) is 9.23. The van der Waals surface area contributed by atoms with Crippen molar-refractivity contribution in [3.05, 3.63) is 90.5 Å². The minimum absolute atomic E-state index is 0.223. The van der Waals surface area contributed by atoms with E-state index in [4.69, 9.17) is 9.72 Å². The lowest BCUT2D eigenvalue weighted by Crippen LogP contribution is -2.46. The molecule has 4 aromatic rings. The van der Waals surface area contributed by atoms with Gasteiger partial charge in [-0.15, -0.1) is 10.2 Å². The van der Waals surface area contributed by atoms with E-state index in [1.165, 1.54) is 0 Å². The summed E-state index contributed by atoms with van der Waals surface area (Å²) in [6.07, 6.45) is 0. The van der Waals surface area contributed by atoms with Crippen molar-refractivity contribution in [2.45, 2.75) is 24.3 Å². The first-order valence-electron chi connectivity index (χ1n) is 11.3. The summed E-state index contributed by atoms with van der Waals surface area (Å²) in [7, 11) is 0. The topological polar surface area (TPSA) is 106 Å². The largest absolute Gasteiger partial charge is 0.484 e. The Balaban J connectivity index is 1.38. The van der Waals surface area contributed by atoms with E-state index in [-0.39, 0.29) is 6.61 Å². The summed E-state index contributed by atoms with van der Waals surface area (Å²) >= 11 is 1.15. The molecule has 1 atom stereocenters. The number of aryl methyl sites for hydroxylation is 1. The highest BCUT2D eigenvalue weighted by Gasteiger charge is 2.19. The highest BCUT2D eigenvalue weighted by atomic mass is 32.2. The van der Waals surface area contributed by atoms with Crippen LogP contribution in [0, 0.1) is 6.92 Å². The summed E-state index contributed by atoms with van der Waals surface area (Å²) in [6, 6.07) is 26.7. The zero-order valence-corrected chi connectivity index (χ0v) is 20.7. The van der Waals surface area contributed by atoms with E-state index >= 15 is 0 Å². The van der Waals surface area contributed by atoms with Gasteiger partial charge in [-0.25, -0.2) is 4.98 Å². The Hall–Kier alpha value is -4.24. The first kappa shape index (κ1) is 24.9. The minimum Gasteiger partial charge on any atom is -0.484 e. The molecule has 2 N–H and O–H groups in total. The molecule has 0 aliphatic heterocycles. The molecule has 0 fully saturated rings. The number of nitrogens with one attached hydrogen (secondary N) is 2. The zero-order chi connectivity index (χ0) is 25.3. The van der Waals surface area contributed by atoms with Gasteiger partial charge in [0.1, 0.15) is 17.1 Å². The predicted molar refractivity (Wildman–Crippen MR) is 139 cm³/mol. The number of amides is 2. The molecule has 0 saturated heterocycles. The minimum atomic E-state index is -0.587. The average molecular weight is 500 g/mol. The standard InChI is InChI=1S/C27H25N5O3S/c1-18-13-15-22(16-14-18)35-17-23(33)29-31-26(34)19(2)36-27-28-24(20-9-5-3-6-10-20)25(30-32-27)21-11-7-4-8-12-21/h3-16,19H,17H2,1-2H3,(H,29,33)(H,31,34). The molecule has 4 rings (SSSR count). The highest BCUT2D eigenvalue weighted by Crippen LogP contribution is 2.30. The molecule has 8 nitrogen and oxygen atoms in total. The van der Waals surface area contributed by atoms with Gasteiger partial charge < -0.3 is 4.74 Å². The Kier molecular flexibility index (Phi) is 8.25. The van der Waals surface area contributed by atoms with Gasteiger partial charge in [-0.1, -0.05) is 90.1 Å². The van der Waals surface area contributed by atoms with Crippen LogP contribution in [-0.4, -0.2) is 38.9 Å². The van der Waals surface area contributed by atoms with Crippen molar-refractivity contribution in [1.29, 1.82) is 0 Å². The van der Waals surface area contributed by atoms with Gasteiger partial charge in [-0.05, 0) is 26.0 Å². The number of benzene rings is 3. The maximum absolute atomic E-state index is 12.5. The fourth-order valence-electron chi connectivity index (χ4n) is 3.21. The summed E-state index contributed by atoms with van der Waals surface area (Å²) < 4.78 is 5.42. The number of hydrogen-bond donors (Lipinski definition) is 2. The van der Waals surface area contributed by atoms with Gasteiger partial charge in [-0.2, -0.15) is 0 Å². The molecule has 36 heavy (non-hydrogen) atoms. The Morgan fingerprint density at radius 2 is 1.44 bits per heavy atom. The molecule has 9 heteroatoms. The van der Waals surface area contributed by atoms with E-state index in [1.54, 1.807) is 19.1 Å². The van der Waals surface area contributed by atoms with Crippen molar-refractivity contribution >= 4 is 23.6 Å². The molecule has 0 aliphatic rings. The number of hydrazine groups is 1. The Morgan fingerprint density at radius 1 is 0.833 bits per heavy atom. The number of hydrogen-bond acceptors (Lipinski definition) is 7. The Bertz CT molecular complexity index is 1320. The van der Waals surface area contributed by atoms with E-state index in [1.807, 2.05) is 79.7 Å². The monoisotopic (exact) mass is 499 g/mol. The molecule has 1 aromatic heterocycles. The smallest absolute Gasteiger partial charge is 0.276 e. The molecular formula is C27H25N5O3S. The van der Waals surface area contributed by atoms with Crippen molar-refractivity contribution in [2.24, 2.45) is 0 Å². The second-order valence-electron chi connectivity index (χ2n) is 7.92. The van der Waals surface area contributed by atoms with Crippen molar-refractivity contribution in [1.82, 2.24) is 26.0 Å². The second kappa shape index (κ2) is 11.9. The molecule has 0 bridgehead atoms. The maximum atomic E-state index is 12.5. The first-order chi connectivity index (χ1) is 17.5. The van der Waals surface area contributed by atoms with Gasteiger partial charge in [0.15, 0.2) is 6.61 Å². The lowest BCUT2D eigenvalue weighted by Gasteiger charge is -2.13. The van der Waals surface area contributed by atoms with E-state index in [0.717, 1.165) is 28.5 Å². The molecule has 1 heterocycles. The molecule has 0 radical (unpaired) electrons. The molecule has 182 valence electrons. The lowest BCUT2D eigenvalue weighted by atomic mass is 10.0. The van der Waals surface area contributed by atoms with Crippen LogP contribution in [0.1, 0.15) is 12.5 Å². The van der Waals surface area contributed by atoms with Crippen LogP contribution < -0.4 is 15.6 Å². The average Bonchev–Trinajstić information content (AvgIpc) is 2.92. The summed E-state index contributed by atoms with van der Waals surface area (Å²) in [4.78, 5) is 29.3. The van der Waals surface area contributed by atoms with Crippen LogP contribution in [0.25, 0.3) is 22.5 Å². The van der Waals surface area contributed by atoms with Crippen molar-refractivity contribution in [3.8, 4) is 28.3 Å². The summed E-state index contributed by atoms with van der Waals surface area (Å²) in [5.74, 6) is -0.304. The Morgan fingerprint density at radius 3 is 2.08 bits per heavy atom. The van der Waals surface area contributed by atoms with Crippen molar-refractivity contribution < 1.29 is 14.3 Å². The third-order valence-electron chi connectivity index (χ3n) is 5.13. The van der Waals surface area contributed by atoms with Gasteiger partial charge in [0, 0.05) is 11.1 Å². The van der Waals surface area contributed by atoms with Crippen LogP contribution in [0.15, 0.2) is 90.1 Å². The number of nitrogens with zero attached hydrogens (tertiary/aromatic N) is 3. The van der Waals surface area contributed by atoms with Gasteiger partial charge in [0.05, 0.1) is 5.25 Å². The predicted octanol–water partition coefficient (Wildman–Crippen LogP) is 4.22. The third-order valence-corrected chi connectivity index (χ3v) is 6.08. The van der Waals surface area contributed by atoms with Crippen LogP contribution >= 0.6 is 11.8 Å². The normalized spacial score (nSPS) is 11.4. The maximum Gasteiger partial charge on any atom is 0.276 e. The number of thioether (sulfide) groups is 1. The fourth-order valence-corrected chi connectivity index (χ4v) is 3.93. The highest BCUT2D eigenvalue weighted by molar-refractivity contribution is 8.00. The van der Waals surface area contributed by atoms with Crippen molar-refractivity contribution in [3.63, 3.8) is 0 Å². The number of aromatic nitrogens is 3. The van der Waals surface area contributed by atoms with Crippen LogP contribution in [0.4, 0.5) is 0 Å². The van der Waals surface area contributed by atoms with E-state index in [2.05, 4.69) is 21.0 Å². The van der Waals surface area contributed by atoms with Gasteiger partial charge >= 0.3 is 0 Å². The molecule has 0 spiro atoms. The van der Waals surface area contributed by atoms with Gasteiger partial charge in [0.2, 0.25) is 5.16 Å². The first-order valence-corrected chi connectivity index (χ1v) is 12.2. The van der Waals surface area contributed by atoms with E-state index in [9.17, 15) is 9.59 Å². The summed E-state index contributed by atoms with van der Waals surface area (Å²) in [5.41, 5.74) is 9.00. The van der Waals surface area contributed by atoms with Crippen LogP contribution in [0.2, 0.25) is 0 Å². The third kappa shape index (κ3) is 6.67. The summed E-state index contributed by atoms with van der Waals surface area (Å²) in [6.45, 7) is 3.44. The van der Waals surface area contributed by atoms with E-state index in [0.29, 0.717) is 22.3 Å². The number of carbonyl (C=O) groups is 2. The van der Waals surface area contributed by atoms with Crippen molar-refractivity contribution in [2.75, 3.05) is 6.61 Å². The number of ether oxygens (including phenoxy) is 1. The van der Waals surface area contributed by atoms with Crippen LogP contribution in [0.5, 0.6) is 5.75 Å². The SMILES string of the molecule is Cc1ccc(OCC(=O)NNC(=O)C(C)Sc2nnc(-c3ccccc3)c(-c3ccccc3)n2)cc1. The Labute approximate surface area is 213 Å². The molecular weight excluding hydrogens is 474 g/mol. The van der Waals surface area contributed by atoms with Crippen LogP contribution in [-0.2, 0) is 9.59 Å². The summed E-state index contributed by atoms with van der Waals surface area (Å²) in [5, 5.41) is 8.43. The molecule has 0 saturated carbocycles. The zero-order valence-electron chi connectivity index (χ0n) is 19.8. The molecule has 0 aliphatic carbocycles. The lowest BCUT2D eigenvalue weighted by molar-refractivity contribution is -0.129. The molecule has 3 aromatic carbocycles. The van der Waals surface area contributed by atoms with Gasteiger partial charge in [-0.3, -0.25) is 20.4 Å². The molecule has 2 amide bonds. The van der Waals surface area contributed by atoms with Crippen LogP contribution in [0.3, 0.4) is 0 Å². The fraction of sp³-hybridized carbons (Fsp3) is 0.148. The quantitative estimate of drug-likeness (QED) is 0.276.